The second-order valence-electron chi connectivity index (χ2n) is 4.83. The van der Waals surface area contributed by atoms with E-state index in [9.17, 15) is 0 Å². The smallest absolute Gasteiger partial charge is 0.0727 e. The van der Waals surface area contributed by atoms with E-state index < -0.39 is 0 Å². The molecule has 0 spiro atoms. The van der Waals surface area contributed by atoms with E-state index in [1.807, 2.05) is 0 Å². The van der Waals surface area contributed by atoms with Gasteiger partial charge in [-0.1, -0.05) is 12.2 Å². The number of hydrogen-bond donors (Lipinski definition) is 1. The molecule has 2 N–H and O–H groups in total. The molecule has 1 heterocycles. The molecular formula is C11H22N2S. The molecule has 3 heteroatoms. The standard InChI is InChI=1S/C11H22N2S/c1-11(2)7-5-9-13(11)8-4-3-6-10(12)14/h3-9H2,1-2H3,(H2,12,14). The molecule has 0 unspecified atom stereocenters. The first kappa shape index (κ1) is 11.9. The molecule has 0 aromatic heterocycles. The van der Waals surface area contributed by atoms with Crippen LogP contribution in [0.1, 0.15) is 46.0 Å². The molecule has 2 nitrogen and oxygen atoms in total. The summed E-state index contributed by atoms with van der Waals surface area (Å²) in [6, 6.07) is 0. The molecule has 0 bridgehead atoms. The lowest BCUT2D eigenvalue weighted by Crippen LogP contribution is -2.38. The summed E-state index contributed by atoms with van der Waals surface area (Å²) in [6.07, 6.45) is 5.96. The topological polar surface area (TPSA) is 29.3 Å². The fourth-order valence-corrected chi connectivity index (χ4v) is 2.32. The zero-order chi connectivity index (χ0) is 10.6. The first-order chi connectivity index (χ1) is 6.52. The Hall–Kier alpha value is -0.150. The Morgan fingerprint density at radius 2 is 2.14 bits per heavy atom. The van der Waals surface area contributed by atoms with Crippen LogP contribution in [0.3, 0.4) is 0 Å². The Kier molecular flexibility index (Phi) is 4.32. The molecule has 14 heavy (non-hydrogen) atoms. The fraction of sp³-hybridized carbons (Fsp3) is 0.909. The number of hydrogen-bond acceptors (Lipinski definition) is 2. The number of rotatable bonds is 5. The third-order valence-electron chi connectivity index (χ3n) is 3.17. The van der Waals surface area contributed by atoms with Crippen molar-refractivity contribution in [1.82, 2.24) is 4.90 Å². The van der Waals surface area contributed by atoms with Crippen LogP contribution in [0.4, 0.5) is 0 Å². The van der Waals surface area contributed by atoms with E-state index >= 15 is 0 Å². The van der Waals surface area contributed by atoms with Gasteiger partial charge in [0.05, 0.1) is 4.99 Å². The number of nitrogens with zero attached hydrogens (tertiary/aromatic N) is 1. The lowest BCUT2D eigenvalue weighted by Gasteiger charge is -2.31. The molecule has 1 aliphatic rings. The van der Waals surface area contributed by atoms with E-state index in [1.54, 1.807) is 0 Å². The van der Waals surface area contributed by atoms with Crippen molar-refractivity contribution in [2.75, 3.05) is 13.1 Å². The summed E-state index contributed by atoms with van der Waals surface area (Å²) in [5, 5.41) is 0. The summed E-state index contributed by atoms with van der Waals surface area (Å²) < 4.78 is 0. The Morgan fingerprint density at radius 3 is 2.64 bits per heavy atom. The van der Waals surface area contributed by atoms with Gasteiger partial charge in [-0.3, -0.25) is 4.90 Å². The molecule has 0 aliphatic carbocycles. The lowest BCUT2D eigenvalue weighted by molar-refractivity contribution is 0.172. The van der Waals surface area contributed by atoms with Crippen molar-refractivity contribution in [2.45, 2.75) is 51.5 Å². The highest BCUT2D eigenvalue weighted by Gasteiger charge is 2.30. The van der Waals surface area contributed by atoms with Crippen molar-refractivity contribution in [3.05, 3.63) is 0 Å². The van der Waals surface area contributed by atoms with Gasteiger partial charge in [-0.15, -0.1) is 0 Å². The SMILES string of the molecule is CC1(C)CCCN1CCCCC(N)=S. The molecular weight excluding hydrogens is 192 g/mol. The number of thiocarbonyl (C=S) groups is 1. The summed E-state index contributed by atoms with van der Waals surface area (Å²) in [5.74, 6) is 0. The Labute approximate surface area is 92.8 Å². The van der Waals surface area contributed by atoms with Crippen molar-refractivity contribution in [1.29, 1.82) is 0 Å². The van der Waals surface area contributed by atoms with Gasteiger partial charge < -0.3 is 5.73 Å². The minimum atomic E-state index is 0.420. The Morgan fingerprint density at radius 1 is 1.43 bits per heavy atom. The average molecular weight is 214 g/mol. The Bertz CT molecular complexity index is 201. The maximum absolute atomic E-state index is 5.46. The summed E-state index contributed by atoms with van der Waals surface area (Å²) in [4.78, 5) is 3.25. The largest absolute Gasteiger partial charge is 0.393 e. The normalized spacial score (nSPS) is 21.3. The van der Waals surface area contributed by atoms with E-state index in [0.717, 1.165) is 12.8 Å². The van der Waals surface area contributed by atoms with Crippen LogP contribution in [0, 0.1) is 0 Å². The Balaban J connectivity index is 2.15. The summed E-state index contributed by atoms with van der Waals surface area (Å²) in [6.45, 7) is 7.15. The first-order valence-electron chi connectivity index (χ1n) is 5.56. The lowest BCUT2D eigenvalue weighted by atomic mass is 10.0. The van der Waals surface area contributed by atoms with Gasteiger partial charge >= 0.3 is 0 Å². The molecule has 0 aromatic rings. The maximum atomic E-state index is 5.46. The number of likely N-dealkylation sites (tertiary alicyclic amines) is 1. The van der Waals surface area contributed by atoms with E-state index in [4.69, 9.17) is 18.0 Å². The van der Waals surface area contributed by atoms with Gasteiger partial charge in [0.2, 0.25) is 0 Å². The third kappa shape index (κ3) is 3.54. The summed E-state index contributed by atoms with van der Waals surface area (Å²) in [7, 11) is 0. The van der Waals surface area contributed by atoms with Gasteiger partial charge in [-0.05, 0) is 59.0 Å². The molecule has 1 saturated heterocycles. The highest BCUT2D eigenvalue weighted by Crippen LogP contribution is 2.28. The zero-order valence-corrected chi connectivity index (χ0v) is 10.2. The third-order valence-corrected chi connectivity index (χ3v) is 3.38. The number of nitrogens with two attached hydrogens (primary N) is 1. The average Bonchev–Trinajstić information content (AvgIpc) is 2.39. The van der Waals surface area contributed by atoms with E-state index in [-0.39, 0.29) is 0 Å². The van der Waals surface area contributed by atoms with Crippen molar-refractivity contribution in [2.24, 2.45) is 5.73 Å². The summed E-state index contributed by atoms with van der Waals surface area (Å²) in [5.41, 5.74) is 5.88. The van der Waals surface area contributed by atoms with Crippen molar-refractivity contribution >= 4 is 17.2 Å². The van der Waals surface area contributed by atoms with Gasteiger partial charge in [0.1, 0.15) is 0 Å². The molecule has 0 saturated carbocycles. The van der Waals surface area contributed by atoms with E-state index in [1.165, 1.54) is 32.4 Å². The predicted molar refractivity (Wildman–Crippen MR) is 65.5 cm³/mol. The van der Waals surface area contributed by atoms with Crippen LogP contribution in [0.5, 0.6) is 0 Å². The molecule has 0 amide bonds. The highest BCUT2D eigenvalue weighted by molar-refractivity contribution is 7.80. The minimum Gasteiger partial charge on any atom is -0.393 e. The van der Waals surface area contributed by atoms with Gasteiger partial charge in [0.15, 0.2) is 0 Å². The van der Waals surface area contributed by atoms with E-state index in [2.05, 4.69) is 18.7 Å². The van der Waals surface area contributed by atoms with Gasteiger partial charge in [0.25, 0.3) is 0 Å². The van der Waals surface area contributed by atoms with E-state index in [0.29, 0.717) is 10.5 Å². The van der Waals surface area contributed by atoms with Gasteiger partial charge in [-0.25, -0.2) is 0 Å². The van der Waals surface area contributed by atoms with Crippen molar-refractivity contribution < 1.29 is 0 Å². The zero-order valence-electron chi connectivity index (χ0n) is 9.38. The maximum Gasteiger partial charge on any atom is 0.0727 e. The number of unbranched alkanes of at least 4 members (excludes halogenated alkanes) is 1. The second kappa shape index (κ2) is 5.08. The van der Waals surface area contributed by atoms with Crippen LogP contribution < -0.4 is 5.73 Å². The van der Waals surface area contributed by atoms with Crippen molar-refractivity contribution in [3.8, 4) is 0 Å². The van der Waals surface area contributed by atoms with Crippen molar-refractivity contribution in [3.63, 3.8) is 0 Å². The molecule has 0 radical (unpaired) electrons. The molecule has 1 rings (SSSR count). The van der Waals surface area contributed by atoms with Crippen LogP contribution in [-0.2, 0) is 0 Å². The molecule has 1 aliphatic heterocycles. The van der Waals surface area contributed by atoms with Gasteiger partial charge in [0, 0.05) is 5.54 Å². The summed E-state index contributed by atoms with van der Waals surface area (Å²) >= 11 is 4.85. The quantitative estimate of drug-likeness (QED) is 0.562. The second-order valence-corrected chi connectivity index (χ2v) is 5.35. The molecule has 0 aromatic carbocycles. The minimum absolute atomic E-state index is 0.420. The van der Waals surface area contributed by atoms with Crippen LogP contribution in [-0.4, -0.2) is 28.5 Å². The highest BCUT2D eigenvalue weighted by atomic mass is 32.1. The first-order valence-corrected chi connectivity index (χ1v) is 5.96. The molecule has 1 fully saturated rings. The predicted octanol–water partition coefficient (Wildman–Crippen LogP) is 2.32. The van der Waals surface area contributed by atoms with Crippen LogP contribution in [0.25, 0.3) is 0 Å². The fourth-order valence-electron chi connectivity index (χ4n) is 2.18. The monoisotopic (exact) mass is 214 g/mol. The molecule has 82 valence electrons. The van der Waals surface area contributed by atoms with Gasteiger partial charge in [-0.2, -0.15) is 0 Å². The van der Waals surface area contributed by atoms with Crippen LogP contribution in [0.15, 0.2) is 0 Å². The molecule has 0 atom stereocenters. The van der Waals surface area contributed by atoms with Crippen LogP contribution >= 0.6 is 12.2 Å². The van der Waals surface area contributed by atoms with Crippen LogP contribution in [0.2, 0.25) is 0 Å².